The third-order valence-electron chi connectivity index (χ3n) is 4.86. The van der Waals surface area contributed by atoms with Crippen LogP contribution in [0.1, 0.15) is 42.9 Å². The molecule has 4 aromatic rings. The standard InChI is InChI=1S/C22H22ClN5OS/c1-4-28-17-6-5-15(18(29)7-8-22(2,3)23)13-16(17)26-19(28)14-27-11-9-24-20(27)21-25-10-12-30-21/h4-6,9-13H,1,7-8,14H2,2-3H3. The fraction of sp³-hybridized carbons (Fsp3) is 0.273. The van der Waals surface area contributed by atoms with Gasteiger partial charge in [0.1, 0.15) is 5.82 Å². The fourth-order valence-corrected chi connectivity index (χ4v) is 4.06. The van der Waals surface area contributed by atoms with Crippen LogP contribution in [-0.4, -0.2) is 34.7 Å². The van der Waals surface area contributed by atoms with Gasteiger partial charge in [0.25, 0.3) is 0 Å². The number of ketones is 1. The van der Waals surface area contributed by atoms with Crippen LogP contribution in [-0.2, 0) is 6.54 Å². The molecule has 3 heterocycles. The van der Waals surface area contributed by atoms with Gasteiger partial charge < -0.3 is 9.13 Å². The van der Waals surface area contributed by atoms with E-state index in [-0.39, 0.29) is 5.78 Å². The third kappa shape index (κ3) is 4.22. The largest absolute Gasteiger partial charge is 0.321 e. The maximum Gasteiger partial charge on any atom is 0.169 e. The third-order valence-corrected chi connectivity index (χ3v) is 5.82. The average molecular weight is 440 g/mol. The zero-order chi connectivity index (χ0) is 21.3. The van der Waals surface area contributed by atoms with Crippen molar-refractivity contribution in [3.05, 3.63) is 60.1 Å². The summed E-state index contributed by atoms with van der Waals surface area (Å²) < 4.78 is 3.95. The van der Waals surface area contributed by atoms with Gasteiger partial charge in [-0.1, -0.05) is 6.58 Å². The van der Waals surface area contributed by atoms with E-state index in [2.05, 4.69) is 16.5 Å². The summed E-state index contributed by atoms with van der Waals surface area (Å²) in [7, 11) is 0. The Kier molecular flexibility index (Phi) is 5.58. The molecule has 0 N–H and O–H groups in total. The van der Waals surface area contributed by atoms with Crippen molar-refractivity contribution < 1.29 is 4.79 Å². The lowest BCUT2D eigenvalue weighted by molar-refractivity contribution is 0.0977. The van der Waals surface area contributed by atoms with Gasteiger partial charge in [-0.05, 0) is 38.5 Å². The van der Waals surface area contributed by atoms with E-state index in [1.807, 2.05) is 52.8 Å². The molecule has 8 heteroatoms. The molecule has 0 aliphatic heterocycles. The number of Topliss-reactive ketones (excluding diaryl/α,β-unsaturated/α-hetero) is 1. The first kappa shape index (κ1) is 20.5. The van der Waals surface area contributed by atoms with Crippen molar-refractivity contribution in [2.45, 2.75) is 38.1 Å². The number of carbonyl (C=O) groups excluding carboxylic acids is 1. The van der Waals surface area contributed by atoms with Crippen LogP contribution in [0.25, 0.3) is 28.1 Å². The van der Waals surface area contributed by atoms with Crippen LogP contribution in [0.5, 0.6) is 0 Å². The molecule has 4 rings (SSSR count). The predicted molar refractivity (Wildman–Crippen MR) is 122 cm³/mol. The van der Waals surface area contributed by atoms with Crippen LogP contribution in [0.4, 0.5) is 0 Å². The molecule has 0 aliphatic carbocycles. The minimum atomic E-state index is -0.392. The molecule has 3 aromatic heterocycles. The number of imidazole rings is 2. The Morgan fingerprint density at radius 2 is 2.13 bits per heavy atom. The summed E-state index contributed by atoms with van der Waals surface area (Å²) in [5, 5.41) is 2.79. The smallest absolute Gasteiger partial charge is 0.169 e. The van der Waals surface area contributed by atoms with Gasteiger partial charge in [-0.15, -0.1) is 22.9 Å². The Morgan fingerprint density at radius 3 is 2.83 bits per heavy atom. The van der Waals surface area contributed by atoms with Crippen LogP contribution < -0.4 is 0 Å². The van der Waals surface area contributed by atoms with Crippen molar-refractivity contribution in [3.8, 4) is 10.8 Å². The molecule has 30 heavy (non-hydrogen) atoms. The lowest BCUT2D eigenvalue weighted by Gasteiger charge is -2.14. The monoisotopic (exact) mass is 439 g/mol. The number of alkyl halides is 1. The van der Waals surface area contributed by atoms with E-state index < -0.39 is 4.87 Å². The molecule has 0 unspecified atom stereocenters. The molecule has 6 nitrogen and oxygen atoms in total. The number of fused-ring (bicyclic) bond motifs is 1. The number of aromatic nitrogens is 5. The van der Waals surface area contributed by atoms with Crippen LogP contribution in [0.15, 0.2) is 48.7 Å². The normalized spacial score (nSPS) is 11.8. The van der Waals surface area contributed by atoms with Gasteiger partial charge in [0, 0.05) is 47.0 Å². The summed E-state index contributed by atoms with van der Waals surface area (Å²) in [5.41, 5.74) is 2.32. The second-order valence-electron chi connectivity index (χ2n) is 7.64. The Bertz CT molecular complexity index is 1200. The Hall–Kier alpha value is -2.77. The summed E-state index contributed by atoms with van der Waals surface area (Å²) >= 11 is 7.77. The van der Waals surface area contributed by atoms with E-state index in [1.165, 1.54) is 0 Å². The molecule has 0 saturated heterocycles. The maximum absolute atomic E-state index is 12.6. The van der Waals surface area contributed by atoms with E-state index in [9.17, 15) is 4.79 Å². The van der Waals surface area contributed by atoms with E-state index in [1.54, 1.807) is 29.9 Å². The van der Waals surface area contributed by atoms with Crippen molar-refractivity contribution in [2.75, 3.05) is 0 Å². The van der Waals surface area contributed by atoms with Crippen LogP contribution >= 0.6 is 22.9 Å². The average Bonchev–Trinajstić information content (AvgIpc) is 3.44. The van der Waals surface area contributed by atoms with Gasteiger partial charge in [-0.2, -0.15) is 0 Å². The van der Waals surface area contributed by atoms with Crippen molar-refractivity contribution in [2.24, 2.45) is 0 Å². The van der Waals surface area contributed by atoms with Crippen LogP contribution in [0.3, 0.4) is 0 Å². The highest BCUT2D eigenvalue weighted by Gasteiger charge is 2.18. The molecule has 0 fully saturated rings. The maximum atomic E-state index is 12.6. The first-order chi connectivity index (χ1) is 14.4. The van der Waals surface area contributed by atoms with Crippen LogP contribution in [0, 0.1) is 0 Å². The number of halogens is 1. The Labute approximate surface area is 183 Å². The van der Waals surface area contributed by atoms with Crippen LogP contribution in [0.2, 0.25) is 0 Å². The van der Waals surface area contributed by atoms with E-state index >= 15 is 0 Å². The van der Waals surface area contributed by atoms with Crippen molar-refractivity contribution in [1.82, 2.24) is 24.1 Å². The zero-order valence-electron chi connectivity index (χ0n) is 16.9. The number of rotatable bonds is 8. The van der Waals surface area contributed by atoms with Gasteiger partial charge in [0.05, 0.1) is 17.6 Å². The topological polar surface area (TPSA) is 65.6 Å². The summed E-state index contributed by atoms with van der Waals surface area (Å²) in [4.78, 5) is 25.8. The van der Waals surface area contributed by atoms with Crippen molar-refractivity contribution >= 4 is 46.0 Å². The molecular formula is C22H22ClN5OS. The van der Waals surface area contributed by atoms with E-state index in [4.69, 9.17) is 16.6 Å². The van der Waals surface area contributed by atoms with Gasteiger partial charge in [0.2, 0.25) is 0 Å². The molecular weight excluding hydrogens is 418 g/mol. The molecule has 154 valence electrons. The SMILES string of the molecule is C=Cn1c(Cn2ccnc2-c2nccs2)nc2cc(C(=O)CCC(C)(C)Cl)ccc21. The number of nitrogens with zero attached hydrogens (tertiary/aromatic N) is 5. The molecule has 1 aromatic carbocycles. The Balaban J connectivity index is 1.64. The molecule has 0 bridgehead atoms. The highest BCUT2D eigenvalue weighted by atomic mass is 35.5. The molecule has 0 spiro atoms. The Morgan fingerprint density at radius 1 is 1.30 bits per heavy atom. The lowest BCUT2D eigenvalue weighted by atomic mass is 10.0. The zero-order valence-corrected chi connectivity index (χ0v) is 18.5. The highest BCUT2D eigenvalue weighted by Crippen LogP contribution is 2.25. The molecule has 0 amide bonds. The second-order valence-corrected chi connectivity index (χ2v) is 9.56. The van der Waals surface area contributed by atoms with Crippen molar-refractivity contribution in [1.29, 1.82) is 0 Å². The molecule has 0 atom stereocenters. The molecule has 0 saturated carbocycles. The number of hydrogen-bond acceptors (Lipinski definition) is 5. The molecule has 0 radical (unpaired) electrons. The number of thiazole rings is 1. The van der Waals surface area contributed by atoms with E-state index in [0.717, 1.165) is 27.7 Å². The first-order valence-corrected chi connectivity index (χ1v) is 10.9. The number of benzene rings is 1. The molecule has 0 aliphatic rings. The van der Waals surface area contributed by atoms with Gasteiger partial charge in [-0.25, -0.2) is 15.0 Å². The number of hydrogen-bond donors (Lipinski definition) is 0. The summed E-state index contributed by atoms with van der Waals surface area (Å²) in [6.07, 6.45) is 8.20. The summed E-state index contributed by atoms with van der Waals surface area (Å²) in [6.45, 7) is 8.28. The minimum absolute atomic E-state index is 0.0704. The predicted octanol–water partition coefficient (Wildman–Crippen LogP) is 5.49. The quantitative estimate of drug-likeness (QED) is 0.269. The van der Waals surface area contributed by atoms with Crippen molar-refractivity contribution in [3.63, 3.8) is 0 Å². The summed E-state index contributed by atoms with van der Waals surface area (Å²) in [6, 6.07) is 5.61. The summed E-state index contributed by atoms with van der Waals surface area (Å²) in [5.74, 6) is 1.68. The first-order valence-electron chi connectivity index (χ1n) is 9.62. The minimum Gasteiger partial charge on any atom is -0.321 e. The van der Waals surface area contributed by atoms with Gasteiger partial charge in [-0.3, -0.25) is 4.79 Å². The van der Waals surface area contributed by atoms with E-state index in [0.29, 0.717) is 24.9 Å². The second kappa shape index (κ2) is 8.16. The number of carbonyl (C=O) groups is 1. The lowest BCUT2D eigenvalue weighted by Crippen LogP contribution is -2.12. The fourth-order valence-electron chi connectivity index (χ4n) is 3.31. The van der Waals surface area contributed by atoms with Gasteiger partial charge >= 0.3 is 0 Å². The van der Waals surface area contributed by atoms with Gasteiger partial charge in [0.15, 0.2) is 16.6 Å². The highest BCUT2D eigenvalue weighted by molar-refractivity contribution is 7.13.